The van der Waals surface area contributed by atoms with E-state index in [-0.39, 0.29) is 11.9 Å². The van der Waals surface area contributed by atoms with Crippen molar-refractivity contribution in [2.75, 3.05) is 19.0 Å². The summed E-state index contributed by atoms with van der Waals surface area (Å²) in [6.45, 7) is 6.23. The third-order valence-electron chi connectivity index (χ3n) is 5.61. The first-order valence-electron chi connectivity index (χ1n) is 11.0. The molecule has 1 aliphatic heterocycles. The Morgan fingerprint density at radius 3 is 2.61 bits per heavy atom. The van der Waals surface area contributed by atoms with Crippen LogP contribution in [0, 0.1) is 6.92 Å². The van der Waals surface area contributed by atoms with Crippen molar-refractivity contribution in [3.8, 4) is 11.5 Å². The molecule has 4 rings (SSSR count). The summed E-state index contributed by atoms with van der Waals surface area (Å²) in [4.78, 5) is 28.6. The number of nitrogens with one attached hydrogen (secondary N) is 1. The fourth-order valence-electron chi connectivity index (χ4n) is 4.09. The molecule has 1 atom stereocenters. The third kappa shape index (κ3) is 5.22. The molecule has 1 aliphatic rings. The maximum atomic E-state index is 13.6. The highest BCUT2D eigenvalue weighted by Gasteiger charge is 2.40. The van der Waals surface area contributed by atoms with Crippen molar-refractivity contribution in [2.45, 2.75) is 45.3 Å². The van der Waals surface area contributed by atoms with Gasteiger partial charge in [0.2, 0.25) is 0 Å². The minimum absolute atomic E-state index is 0.0624. The first kappa shape index (κ1) is 22.5. The zero-order valence-corrected chi connectivity index (χ0v) is 19.4. The lowest BCUT2D eigenvalue weighted by atomic mass is 10.0. The van der Waals surface area contributed by atoms with E-state index in [0.29, 0.717) is 18.1 Å². The number of likely N-dealkylation sites (tertiary alicyclic amines) is 1. The lowest BCUT2D eigenvalue weighted by Gasteiger charge is -2.33. The number of pyridine rings is 1. The Hall–Kier alpha value is -3.68. The van der Waals surface area contributed by atoms with Crippen molar-refractivity contribution >= 4 is 17.4 Å². The molecule has 3 heterocycles. The van der Waals surface area contributed by atoms with Crippen LogP contribution in [0.15, 0.2) is 55.0 Å². The molecule has 1 aromatic carbocycles. The van der Waals surface area contributed by atoms with Crippen molar-refractivity contribution in [3.63, 3.8) is 0 Å². The standard InChI is InChI=1S/C25H29N5O3/c1-17-14-18(29-23-16-26-11-12-27-23)15-21(28-17)22-6-5-13-30(22)24(31)25(2,3)33-20-9-7-19(32-4)8-10-20/h7-12,14-16,22H,5-6,13H2,1-4H3,(H,27,28,29)/t22-/m1/s1. The van der Waals surface area contributed by atoms with Gasteiger partial charge in [-0.15, -0.1) is 0 Å². The van der Waals surface area contributed by atoms with Gasteiger partial charge in [-0.25, -0.2) is 4.98 Å². The molecule has 0 bridgehead atoms. The van der Waals surface area contributed by atoms with Gasteiger partial charge in [0.15, 0.2) is 5.60 Å². The molecular weight excluding hydrogens is 418 g/mol. The summed E-state index contributed by atoms with van der Waals surface area (Å²) in [5.74, 6) is 1.95. The van der Waals surface area contributed by atoms with Crippen molar-refractivity contribution in [3.05, 3.63) is 66.4 Å². The summed E-state index contributed by atoms with van der Waals surface area (Å²) in [5, 5.41) is 3.27. The second kappa shape index (κ2) is 9.44. The summed E-state index contributed by atoms with van der Waals surface area (Å²) in [6, 6.07) is 11.1. The molecule has 2 aromatic heterocycles. The number of ether oxygens (including phenoxy) is 2. The zero-order chi connectivity index (χ0) is 23.4. The average molecular weight is 448 g/mol. The van der Waals surface area contributed by atoms with Gasteiger partial charge in [-0.2, -0.15) is 0 Å². The molecule has 172 valence electrons. The number of hydrogen-bond donors (Lipinski definition) is 1. The van der Waals surface area contributed by atoms with Crippen LogP contribution in [-0.4, -0.2) is 45.0 Å². The predicted molar refractivity (Wildman–Crippen MR) is 126 cm³/mol. The lowest BCUT2D eigenvalue weighted by molar-refractivity contribution is -0.146. The second-order valence-electron chi connectivity index (χ2n) is 8.58. The van der Waals surface area contributed by atoms with E-state index >= 15 is 0 Å². The Kier molecular flexibility index (Phi) is 6.44. The molecule has 3 aromatic rings. The van der Waals surface area contributed by atoms with Crippen LogP contribution >= 0.6 is 0 Å². The lowest BCUT2D eigenvalue weighted by Crippen LogP contribution is -2.48. The molecule has 1 saturated heterocycles. The molecule has 8 nitrogen and oxygen atoms in total. The zero-order valence-electron chi connectivity index (χ0n) is 19.4. The number of anilines is 2. The van der Waals surface area contributed by atoms with Crippen LogP contribution in [-0.2, 0) is 4.79 Å². The molecule has 1 fully saturated rings. The van der Waals surface area contributed by atoms with Crippen molar-refractivity contribution < 1.29 is 14.3 Å². The summed E-state index contributed by atoms with van der Waals surface area (Å²) in [6.07, 6.45) is 6.70. The highest BCUT2D eigenvalue weighted by molar-refractivity contribution is 5.85. The van der Waals surface area contributed by atoms with E-state index in [1.165, 1.54) is 0 Å². The molecule has 33 heavy (non-hydrogen) atoms. The molecule has 1 N–H and O–H groups in total. The van der Waals surface area contributed by atoms with E-state index in [2.05, 4.69) is 15.3 Å². The van der Waals surface area contributed by atoms with Crippen molar-refractivity contribution in [1.82, 2.24) is 19.9 Å². The van der Waals surface area contributed by atoms with Crippen LogP contribution in [0.3, 0.4) is 0 Å². The second-order valence-corrected chi connectivity index (χ2v) is 8.58. The smallest absolute Gasteiger partial charge is 0.266 e. The Balaban J connectivity index is 1.53. The highest BCUT2D eigenvalue weighted by Crippen LogP contribution is 2.35. The number of methoxy groups -OCH3 is 1. The van der Waals surface area contributed by atoms with Gasteiger partial charge in [0, 0.05) is 30.3 Å². The van der Waals surface area contributed by atoms with Gasteiger partial charge >= 0.3 is 0 Å². The van der Waals surface area contributed by atoms with Gasteiger partial charge in [-0.1, -0.05) is 0 Å². The number of nitrogens with zero attached hydrogens (tertiary/aromatic N) is 4. The predicted octanol–water partition coefficient (Wildman–Crippen LogP) is 4.45. The van der Waals surface area contributed by atoms with E-state index < -0.39 is 5.60 Å². The summed E-state index contributed by atoms with van der Waals surface area (Å²) < 4.78 is 11.3. The van der Waals surface area contributed by atoms with E-state index in [4.69, 9.17) is 14.5 Å². The number of benzene rings is 1. The molecule has 1 amide bonds. The first-order chi connectivity index (χ1) is 15.9. The number of aryl methyl sites for hydroxylation is 1. The fraction of sp³-hybridized carbons (Fsp3) is 0.360. The van der Waals surface area contributed by atoms with Crippen LogP contribution < -0.4 is 14.8 Å². The monoisotopic (exact) mass is 447 g/mol. The molecule has 0 unspecified atom stereocenters. The Labute approximate surface area is 194 Å². The van der Waals surface area contributed by atoms with Crippen LogP contribution in [0.5, 0.6) is 11.5 Å². The minimum Gasteiger partial charge on any atom is -0.497 e. The van der Waals surface area contributed by atoms with E-state index in [1.807, 2.05) is 48.2 Å². The van der Waals surface area contributed by atoms with Crippen LogP contribution in [0.1, 0.15) is 44.1 Å². The van der Waals surface area contributed by atoms with Crippen molar-refractivity contribution in [1.29, 1.82) is 0 Å². The van der Waals surface area contributed by atoms with Gasteiger partial charge in [0.1, 0.15) is 17.3 Å². The fourth-order valence-corrected chi connectivity index (χ4v) is 4.09. The number of aromatic nitrogens is 3. The molecular formula is C25H29N5O3. The van der Waals surface area contributed by atoms with Gasteiger partial charge in [-0.3, -0.25) is 14.8 Å². The van der Waals surface area contributed by atoms with Gasteiger partial charge in [0.25, 0.3) is 5.91 Å². The molecule has 0 radical (unpaired) electrons. The molecule has 0 saturated carbocycles. The summed E-state index contributed by atoms with van der Waals surface area (Å²) in [5.41, 5.74) is 1.56. The van der Waals surface area contributed by atoms with Crippen LogP contribution in [0.25, 0.3) is 0 Å². The normalized spacial score (nSPS) is 15.9. The van der Waals surface area contributed by atoms with Crippen molar-refractivity contribution in [2.24, 2.45) is 0 Å². The third-order valence-corrected chi connectivity index (χ3v) is 5.61. The molecule has 8 heteroatoms. The Morgan fingerprint density at radius 2 is 1.91 bits per heavy atom. The number of hydrogen-bond acceptors (Lipinski definition) is 7. The summed E-state index contributed by atoms with van der Waals surface area (Å²) >= 11 is 0. The van der Waals surface area contributed by atoms with Crippen LogP contribution in [0.2, 0.25) is 0 Å². The van der Waals surface area contributed by atoms with Crippen LogP contribution in [0.4, 0.5) is 11.5 Å². The van der Waals surface area contributed by atoms with Gasteiger partial charge in [-0.05, 0) is 70.0 Å². The number of carbonyl (C=O) groups is 1. The minimum atomic E-state index is -1.03. The topological polar surface area (TPSA) is 89.5 Å². The van der Waals surface area contributed by atoms with Gasteiger partial charge in [0.05, 0.1) is 25.0 Å². The first-order valence-corrected chi connectivity index (χ1v) is 11.0. The number of rotatable bonds is 7. The van der Waals surface area contributed by atoms with E-state index in [1.54, 1.807) is 39.5 Å². The van der Waals surface area contributed by atoms with E-state index in [0.717, 1.165) is 35.7 Å². The quantitative estimate of drug-likeness (QED) is 0.572. The average Bonchev–Trinajstić information content (AvgIpc) is 3.29. The molecule has 0 aliphatic carbocycles. The number of amides is 1. The van der Waals surface area contributed by atoms with Gasteiger partial charge < -0.3 is 19.7 Å². The summed E-state index contributed by atoms with van der Waals surface area (Å²) in [7, 11) is 1.62. The Bertz CT molecular complexity index is 1100. The molecule has 0 spiro atoms. The maximum Gasteiger partial charge on any atom is 0.266 e. The maximum absolute atomic E-state index is 13.6. The highest BCUT2D eigenvalue weighted by atomic mass is 16.5. The number of carbonyl (C=O) groups excluding carboxylic acids is 1. The van der Waals surface area contributed by atoms with E-state index in [9.17, 15) is 4.79 Å². The Morgan fingerprint density at radius 1 is 1.15 bits per heavy atom. The largest absolute Gasteiger partial charge is 0.497 e. The SMILES string of the molecule is COc1ccc(OC(C)(C)C(=O)N2CCC[C@@H]2c2cc(Nc3cnccn3)cc(C)n2)cc1.